The topological polar surface area (TPSA) is 99.8 Å². The van der Waals surface area contributed by atoms with E-state index in [2.05, 4.69) is 39.8 Å². The molecule has 0 aliphatic carbocycles. The fourth-order valence-corrected chi connectivity index (χ4v) is 3.55. The summed E-state index contributed by atoms with van der Waals surface area (Å²) >= 11 is 1.28. The highest BCUT2D eigenvalue weighted by atomic mass is 32.2. The second-order valence-corrected chi connectivity index (χ2v) is 8.02. The molecule has 0 bridgehead atoms. The van der Waals surface area contributed by atoms with Crippen LogP contribution >= 0.6 is 11.8 Å². The van der Waals surface area contributed by atoms with E-state index in [0.717, 1.165) is 17.7 Å². The Morgan fingerprint density at radius 3 is 2.83 bits per heavy atom. The minimum absolute atomic E-state index is 0.147. The predicted octanol–water partition coefficient (Wildman–Crippen LogP) is 3.27. The predicted molar refractivity (Wildman–Crippen MR) is 112 cm³/mol. The average molecular weight is 416 g/mol. The number of aryl methyl sites for hydroxylation is 1. The molecule has 9 nitrogen and oxygen atoms in total. The van der Waals surface area contributed by atoms with Crippen molar-refractivity contribution in [1.82, 2.24) is 30.0 Å². The number of carbonyl (C=O) groups excluding carboxylic acids is 1. The summed E-state index contributed by atoms with van der Waals surface area (Å²) in [5.74, 6) is 1.18. The van der Waals surface area contributed by atoms with Crippen molar-refractivity contribution < 1.29 is 9.53 Å². The average Bonchev–Trinajstić information content (AvgIpc) is 3.36. The summed E-state index contributed by atoms with van der Waals surface area (Å²) in [6.07, 6.45) is 2.60. The first-order valence-corrected chi connectivity index (χ1v) is 10.3. The van der Waals surface area contributed by atoms with E-state index in [1.807, 2.05) is 36.7 Å². The number of rotatable bonds is 8. The second kappa shape index (κ2) is 9.08. The molecule has 3 aromatic rings. The molecular formula is C19H25N7O2S. The highest BCUT2D eigenvalue weighted by Gasteiger charge is 2.22. The van der Waals surface area contributed by atoms with Gasteiger partial charge in [0.15, 0.2) is 0 Å². The van der Waals surface area contributed by atoms with Crippen LogP contribution in [0.4, 0.5) is 5.82 Å². The number of hydrogen-bond donors (Lipinski definition) is 1. The maximum Gasteiger partial charge on any atom is 0.238 e. The molecule has 0 aliphatic heterocycles. The number of carbonyl (C=O) groups is 1. The number of thioether (sulfide) groups is 1. The third kappa shape index (κ3) is 4.58. The van der Waals surface area contributed by atoms with Gasteiger partial charge in [-0.1, -0.05) is 24.8 Å². The lowest BCUT2D eigenvalue weighted by atomic mass is 10.2. The Bertz CT molecular complexity index is 985. The molecule has 0 radical (unpaired) electrons. The molecule has 0 spiro atoms. The second-order valence-electron chi connectivity index (χ2n) is 6.72. The van der Waals surface area contributed by atoms with Crippen LogP contribution in [0.3, 0.4) is 0 Å². The molecule has 3 rings (SSSR count). The van der Waals surface area contributed by atoms with Gasteiger partial charge in [-0.2, -0.15) is 9.78 Å². The number of aromatic nitrogens is 6. The zero-order valence-electron chi connectivity index (χ0n) is 17.2. The van der Waals surface area contributed by atoms with Crippen molar-refractivity contribution in [1.29, 1.82) is 0 Å². The summed E-state index contributed by atoms with van der Waals surface area (Å²) in [5.41, 5.74) is 1.78. The minimum Gasteiger partial charge on any atom is -0.494 e. The highest BCUT2D eigenvalue weighted by Crippen LogP contribution is 2.29. The number of tetrazole rings is 1. The molecule has 2 heterocycles. The molecule has 2 aromatic heterocycles. The Kier molecular flexibility index (Phi) is 6.53. The van der Waals surface area contributed by atoms with Crippen LogP contribution in [0.15, 0.2) is 35.6 Å². The summed E-state index contributed by atoms with van der Waals surface area (Å²) in [7, 11) is 1.60. The van der Waals surface area contributed by atoms with Crippen molar-refractivity contribution in [3.8, 4) is 11.4 Å². The van der Waals surface area contributed by atoms with E-state index in [1.54, 1.807) is 24.1 Å². The van der Waals surface area contributed by atoms with Gasteiger partial charge in [0, 0.05) is 6.07 Å². The van der Waals surface area contributed by atoms with Gasteiger partial charge in [0.1, 0.15) is 17.3 Å². The van der Waals surface area contributed by atoms with Crippen molar-refractivity contribution in [2.45, 2.75) is 50.6 Å². The molecule has 0 unspecified atom stereocenters. The standard InChI is InChI=1S/C19H25N7O2S/c1-6-13(3)25-17(9-10-20-25)21-18(27)14(4)29-19-22-23-24-26(19)15-11-12(2)7-8-16(15)28-5/h7-11,13-14H,6H2,1-5H3,(H,21,27)/t13-,14+/m1/s1. The third-order valence-electron chi connectivity index (χ3n) is 4.58. The van der Waals surface area contributed by atoms with E-state index < -0.39 is 5.25 Å². The van der Waals surface area contributed by atoms with Crippen LogP contribution < -0.4 is 10.1 Å². The molecule has 0 aliphatic rings. The molecule has 10 heteroatoms. The van der Waals surface area contributed by atoms with Crippen molar-refractivity contribution in [2.75, 3.05) is 12.4 Å². The molecule has 29 heavy (non-hydrogen) atoms. The Morgan fingerprint density at radius 2 is 2.10 bits per heavy atom. The number of hydrogen-bond acceptors (Lipinski definition) is 7. The maximum atomic E-state index is 12.7. The molecule has 0 saturated heterocycles. The van der Waals surface area contributed by atoms with Crippen molar-refractivity contribution in [3.05, 3.63) is 36.0 Å². The third-order valence-corrected chi connectivity index (χ3v) is 5.62. The Morgan fingerprint density at radius 1 is 1.31 bits per heavy atom. The van der Waals surface area contributed by atoms with Gasteiger partial charge in [-0.3, -0.25) is 4.79 Å². The SMILES string of the molecule is CC[C@@H](C)n1nccc1NC(=O)[C@H](C)Sc1nnnn1-c1cc(C)ccc1OC. The molecular weight excluding hydrogens is 390 g/mol. The summed E-state index contributed by atoms with van der Waals surface area (Å²) < 4.78 is 8.84. The van der Waals surface area contributed by atoms with Gasteiger partial charge >= 0.3 is 0 Å². The van der Waals surface area contributed by atoms with Gasteiger partial charge < -0.3 is 10.1 Å². The van der Waals surface area contributed by atoms with Crippen LogP contribution in [0.5, 0.6) is 5.75 Å². The molecule has 0 fully saturated rings. The highest BCUT2D eigenvalue weighted by molar-refractivity contribution is 8.00. The summed E-state index contributed by atoms with van der Waals surface area (Å²) in [5, 5.41) is 19.3. The van der Waals surface area contributed by atoms with Gasteiger partial charge in [0.05, 0.1) is 24.6 Å². The van der Waals surface area contributed by atoms with Crippen LogP contribution in [0, 0.1) is 6.92 Å². The van der Waals surface area contributed by atoms with Crippen LogP contribution in [0.1, 0.15) is 38.8 Å². The molecule has 154 valence electrons. The van der Waals surface area contributed by atoms with E-state index in [-0.39, 0.29) is 11.9 Å². The first-order chi connectivity index (χ1) is 13.9. The number of methoxy groups -OCH3 is 1. The summed E-state index contributed by atoms with van der Waals surface area (Å²) in [6.45, 7) is 7.94. The van der Waals surface area contributed by atoms with E-state index >= 15 is 0 Å². The van der Waals surface area contributed by atoms with Crippen LogP contribution in [0.25, 0.3) is 5.69 Å². The van der Waals surface area contributed by atoms with E-state index in [4.69, 9.17) is 4.74 Å². The van der Waals surface area contributed by atoms with Gasteiger partial charge in [-0.15, -0.1) is 5.10 Å². The van der Waals surface area contributed by atoms with Crippen LogP contribution in [0.2, 0.25) is 0 Å². The number of nitrogens with zero attached hydrogens (tertiary/aromatic N) is 6. The number of ether oxygens (including phenoxy) is 1. The zero-order chi connectivity index (χ0) is 21.0. The number of amides is 1. The van der Waals surface area contributed by atoms with E-state index in [9.17, 15) is 4.79 Å². The molecule has 1 amide bonds. The largest absolute Gasteiger partial charge is 0.494 e. The normalized spacial score (nSPS) is 13.1. The fraction of sp³-hybridized carbons (Fsp3) is 0.421. The molecule has 2 atom stereocenters. The smallest absolute Gasteiger partial charge is 0.238 e. The molecule has 1 N–H and O–H groups in total. The monoisotopic (exact) mass is 415 g/mol. The van der Waals surface area contributed by atoms with Crippen molar-refractivity contribution >= 4 is 23.5 Å². The van der Waals surface area contributed by atoms with Crippen molar-refractivity contribution in [3.63, 3.8) is 0 Å². The summed E-state index contributed by atoms with van der Waals surface area (Å²) in [6, 6.07) is 7.75. The van der Waals surface area contributed by atoms with E-state index in [0.29, 0.717) is 16.7 Å². The van der Waals surface area contributed by atoms with Crippen LogP contribution in [-0.2, 0) is 4.79 Å². The molecule has 0 saturated carbocycles. The Labute approximate surface area is 173 Å². The first-order valence-electron chi connectivity index (χ1n) is 9.39. The molecule has 1 aromatic carbocycles. The van der Waals surface area contributed by atoms with E-state index in [1.165, 1.54) is 11.8 Å². The first kappa shape index (κ1) is 20.8. The maximum absolute atomic E-state index is 12.7. The minimum atomic E-state index is -0.421. The van der Waals surface area contributed by atoms with Gasteiger partial charge in [-0.05, 0) is 55.3 Å². The lowest BCUT2D eigenvalue weighted by molar-refractivity contribution is -0.115. The van der Waals surface area contributed by atoms with Crippen molar-refractivity contribution in [2.24, 2.45) is 0 Å². The quantitative estimate of drug-likeness (QED) is 0.564. The van der Waals surface area contributed by atoms with Gasteiger partial charge in [-0.25, -0.2) is 4.68 Å². The Hall–Kier alpha value is -2.88. The fourth-order valence-electron chi connectivity index (χ4n) is 2.75. The number of nitrogens with one attached hydrogen (secondary N) is 1. The Balaban J connectivity index is 1.77. The number of anilines is 1. The van der Waals surface area contributed by atoms with Gasteiger partial charge in [0.25, 0.3) is 0 Å². The zero-order valence-corrected chi connectivity index (χ0v) is 18.0. The summed E-state index contributed by atoms with van der Waals surface area (Å²) in [4.78, 5) is 12.7. The number of benzene rings is 1. The lowest BCUT2D eigenvalue weighted by Crippen LogP contribution is -2.25. The lowest BCUT2D eigenvalue weighted by Gasteiger charge is -2.16. The van der Waals surface area contributed by atoms with Gasteiger partial charge in [0.2, 0.25) is 11.1 Å². The van der Waals surface area contributed by atoms with Crippen LogP contribution in [-0.4, -0.2) is 48.3 Å².